The van der Waals surface area contributed by atoms with Gasteiger partial charge in [0.05, 0.1) is 0 Å². The zero-order chi connectivity index (χ0) is 18.4. The second-order valence-electron chi connectivity index (χ2n) is 7.78. The molecule has 2 rings (SSSR count). The molecule has 0 unspecified atom stereocenters. The van der Waals surface area contributed by atoms with E-state index in [2.05, 4.69) is 63.8 Å². The molecule has 0 bridgehead atoms. The van der Waals surface area contributed by atoms with Crippen LogP contribution in [-0.2, 0) is 11.8 Å². The number of aryl methyl sites for hydroxylation is 1. The fourth-order valence-corrected chi connectivity index (χ4v) is 3.19. The first-order valence-corrected chi connectivity index (χ1v) is 9.51. The van der Waals surface area contributed by atoms with Gasteiger partial charge in [-0.25, -0.2) is 0 Å². The third-order valence-corrected chi connectivity index (χ3v) is 4.95. The normalized spacial score (nSPS) is 11.9. The monoisotopic (exact) mass is 339 g/mol. The molecule has 0 aliphatic carbocycles. The van der Waals surface area contributed by atoms with E-state index in [1.54, 1.807) is 0 Å². The molecule has 2 nitrogen and oxygen atoms in total. The van der Waals surface area contributed by atoms with Crippen LogP contribution in [0.2, 0.25) is 0 Å². The lowest BCUT2D eigenvalue weighted by Crippen LogP contribution is -2.24. The minimum Gasteiger partial charge on any atom is -0.507 e. The summed E-state index contributed by atoms with van der Waals surface area (Å²) in [6, 6.07) is 14.6. The van der Waals surface area contributed by atoms with E-state index in [1.165, 1.54) is 5.56 Å². The van der Waals surface area contributed by atoms with E-state index in [1.807, 2.05) is 18.2 Å². The van der Waals surface area contributed by atoms with Gasteiger partial charge >= 0.3 is 0 Å². The van der Waals surface area contributed by atoms with Gasteiger partial charge in [0.25, 0.3) is 0 Å². The number of aromatic hydroxyl groups is 1. The SMILES string of the molecule is CCN(CC)CCCc1cc(C(C)(C)C)cc(-c2ccccc2)c1O. The molecule has 0 aliphatic rings. The van der Waals surface area contributed by atoms with Crippen LogP contribution in [0.15, 0.2) is 42.5 Å². The van der Waals surface area contributed by atoms with Crippen LogP contribution in [0.25, 0.3) is 11.1 Å². The summed E-state index contributed by atoms with van der Waals surface area (Å²) < 4.78 is 0. The van der Waals surface area contributed by atoms with Crippen molar-refractivity contribution in [2.75, 3.05) is 19.6 Å². The van der Waals surface area contributed by atoms with Crippen molar-refractivity contribution in [3.05, 3.63) is 53.6 Å². The van der Waals surface area contributed by atoms with Gasteiger partial charge in [0, 0.05) is 5.56 Å². The second kappa shape index (κ2) is 8.53. The first-order chi connectivity index (χ1) is 11.9. The molecule has 136 valence electrons. The largest absolute Gasteiger partial charge is 0.507 e. The Kier molecular flexibility index (Phi) is 6.66. The van der Waals surface area contributed by atoms with Crippen molar-refractivity contribution in [2.24, 2.45) is 0 Å². The maximum atomic E-state index is 10.9. The van der Waals surface area contributed by atoms with Gasteiger partial charge in [-0.15, -0.1) is 0 Å². The van der Waals surface area contributed by atoms with E-state index in [0.717, 1.165) is 49.2 Å². The van der Waals surface area contributed by atoms with Crippen molar-refractivity contribution in [3.8, 4) is 16.9 Å². The van der Waals surface area contributed by atoms with Crippen LogP contribution >= 0.6 is 0 Å². The van der Waals surface area contributed by atoms with E-state index in [0.29, 0.717) is 5.75 Å². The topological polar surface area (TPSA) is 23.5 Å². The number of hydrogen-bond acceptors (Lipinski definition) is 2. The summed E-state index contributed by atoms with van der Waals surface area (Å²) in [6.45, 7) is 14.3. The summed E-state index contributed by atoms with van der Waals surface area (Å²) in [5, 5.41) is 10.9. The Morgan fingerprint density at radius 3 is 2.16 bits per heavy atom. The van der Waals surface area contributed by atoms with Crippen LogP contribution in [0.3, 0.4) is 0 Å². The van der Waals surface area contributed by atoms with Crippen molar-refractivity contribution < 1.29 is 5.11 Å². The smallest absolute Gasteiger partial charge is 0.126 e. The highest BCUT2D eigenvalue weighted by Gasteiger charge is 2.19. The highest BCUT2D eigenvalue weighted by molar-refractivity contribution is 5.73. The van der Waals surface area contributed by atoms with Gasteiger partial charge in [-0.1, -0.05) is 71.0 Å². The molecule has 0 fully saturated rings. The van der Waals surface area contributed by atoms with Gasteiger partial charge in [-0.3, -0.25) is 0 Å². The first kappa shape index (κ1) is 19.5. The Hall–Kier alpha value is -1.80. The Bertz CT molecular complexity index is 666. The van der Waals surface area contributed by atoms with Crippen molar-refractivity contribution in [1.29, 1.82) is 0 Å². The minimum atomic E-state index is 0.0604. The predicted molar refractivity (Wildman–Crippen MR) is 108 cm³/mol. The average Bonchev–Trinajstić information content (AvgIpc) is 2.60. The number of phenols is 1. The summed E-state index contributed by atoms with van der Waals surface area (Å²) in [5.74, 6) is 0.443. The molecule has 0 radical (unpaired) electrons. The quantitative estimate of drug-likeness (QED) is 0.706. The van der Waals surface area contributed by atoms with Crippen LogP contribution in [0.5, 0.6) is 5.75 Å². The molecule has 2 aromatic rings. The van der Waals surface area contributed by atoms with Crippen LogP contribution in [0.1, 0.15) is 52.2 Å². The van der Waals surface area contributed by atoms with E-state index in [-0.39, 0.29) is 5.41 Å². The summed E-state index contributed by atoms with van der Waals surface area (Å²) >= 11 is 0. The van der Waals surface area contributed by atoms with E-state index in [4.69, 9.17) is 0 Å². The number of benzene rings is 2. The molecule has 0 atom stereocenters. The van der Waals surface area contributed by atoms with E-state index < -0.39 is 0 Å². The fraction of sp³-hybridized carbons (Fsp3) is 0.478. The predicted octanol–water partition coefficient (Wildman–Crippen LogP) is 5.63. The summed E-state index contributed by atoms with van der Waals surface area (Å²) in [4.78, 5) is 2.43. The molecule has 0 spiro atoms. The van der Waals surface area contributed by atoms with Gasteiger partial charge in [0.15, 0.2) is 0 Å². The van der Waals surface area contributed by atoms with Crippen molar-refractivity contribution >= 4 is 0 Å². The molecular formula is C23H33NO. The maximum absolute atomic E-state index is 10.9. The summed E-state index contributed by atoms with van der Waals surface area (Å²) in [7, 11) is 0. The number of rotatable bonds is 7. The number of hydrogen-bond donors (Lipinski definition) is 1. The lowest BCUT2D eigenvalue weighted by Gasteiger charge is -2.23. The molecule has 0 amide bonds. The van der Waals surface area contributed by atoms with Gasteiger partial charge in [0.2, 0.25) is 0 Å². The Labute approximate surface area is 153 Å². The second-order valence-corrected chi connectivity index (χ2v) is 7.78. The zero-order valence-electron chi connectivity index (χ0n) is 16.5. The van der Waals surface area contributed by atoms with Crippen molar-refractivity contribution in [3.63, 3.8) is 0 Å². The lowest BCUT2D eigenvalue weighted by molar-refractivity contribution is 0.299. The zero-order valence-corrected chi connectivity index (χ0v) is 16.5. The van der Waals surface area contributed by atoms with E-state index in [9.17, 15) is 5.11 Å². The fourth-order valence-electron chi connectivity index (χ4n) is 3.19. The molecule has 0 aromatic heterocycles. The molecule has 2 heteroatoms. The Morgan fingerprint density at radius 2 is 1.60 bits per heavy atom. The highest BCUT2D eigenvalue weighted by Crippen LogP contribution is 2.37. The Balaban J connectivity index is 2.35. The minimum absolute atomic E-state index is 0.0604. The molecule has 0 saturated heterocycles. The standard InChI is InChI=1S/C23H33NO/c1-6-24(7-2)15-11-14-19-16-20(23(3,4)5)17-21(22(19)25)18-12-9-8-10-13-18/h8-10,12-13,16-17,25H,6-7,11,14-15H2,1-5H3. The summed E-state index contributed by atoms with van der Waals surface area (Å²) in [5.41, 5.74) is 4.44. The number of nitrogens with zero attached hydrogens (tertiary/aromatic N) is 1. The molecule has 0 heterocycles. The third-order valence-electron chi connectivity index (χ3n) is 4.95. The molecule has 0 aliphatic heterocycles. The Morgan fingerprint density at radius 1 is 0.960 bits per heavy atom. The number of phenolic OH excluding ortho intramolecular Hbond substituents is 1. The van der Waals surface area contributed by atoms with Crippen LogP contribution in [0.4, 0.5) is 0 Å². The van der Waals surface area contributed by atoms with E-state index >= 15 is 0 Å². The van der Waals surface area contributed by atoms with Crippen LogP contribution < -0.4 is 0 Å². The summed E-state index contributed by atoms with van der Waals surface area (Å²) in [6.07, 6.45) is 1.98. The molecule has 25 heavy (non-hydrogen) atoms. The average molecular weight is 340 g/mol. The highest BCUT2D eigenvalue weighted by atomic mass is 16.3. The van der Waals surface area contributed by atoms with Crippen molar-refractivity contribution in [2.45, 2.75) is 52.9 Å². The van der Waals surface area contributed by atoms with Crippen LogP contribution in [-0.4, -0.2) is 29.6 Å². The third kappa shape index (κ3) is 5.09. The lowest BCUT2D eigenvalue weighted by atomic mass is 9.83. The molecular weight excluding hydrogens is 306 g/mol. The molecule has 0 saturated carbocycles. The van der Waals surface area contributed by atoms with Crippen molar-refractivity contribution in [1.82, 2.24) is 4.90 Å². The maximum Gasteiger partial charge on any atom is 0.126 e. The van der Waals surface area contributed by atoms with Gasteiger partial charge < -0.3 is 10.0 Å². The molecule has 1 N–H and O–H groups in total. The molecule has 2 aromatic carbocycles. The van der Waals surface area contributed by atoms with Gasteiger partial charge in [-0.05, 0) is 60.6 Å². The first-order valence-electron chi connectivity index (χ1n) is 9.51. The van der Waals surface area contributed by atoms with Gasteiger partial charge in [0.1, 0.15) is 5.75 Å². The van der Waals surface area contributed by atoms with Gasteiger partial charge in [-0.2, -0.15) is 0 Å². The van der Waals surface area contributed by atoms with Crippen LogP contribution in [0, 0.1) is 0 Å².